The Labute approximate surface area is 77.5 Å². The summed E-state index contributed by atoms with van der Waals surface area (Å²) >= 11 is 2.14. The zero-order valence-electron chi connectivity index (χ0n) is 5.54. The first-order valence-corrected chi connectivity index (χ1v) is 4.02. The molecular weight excluding hydrogens is 257 g/mol. The lowest BCUT2D eigenvalue weighted by Crippen LogP contribution is -2.18. The topological polar surface area (TPSA) is 49.3 Å². The molecule has 0 saturated heterocycles. The quantitative estimate of drug-likeness (QED) is 0.457. The molecule has 0 aliphatic heterocycles. The highest BCUT2D eigenvalue weighted by Gasteiger charge is 2.01. The first-order valence-electron chi connectivity index (χ1n) is 2.94. The summed E-state index contributed by atoms with van der Waals surface area (Å²) in [6.07, 6.45) is 0. The first kappa shape index (κ1) is 8.48. The van der Waals surface area contributed by atoms with Gasteiger partial charge in [0, 0.05) is 9.13 Å². The second kappa shape index (κ2) is 3.68. The maximum atomic E-state index is 10.8. The van der Waals surface area contributed by atoms with Gasteiger partial charge in [0.25, 0.3) is 5.91 Å². The van der Waals surface area contributed by atoms with Crippen LogP contribution in [0.3, 0.4) is 0 Å². The van der Waals surface area contributed by atoms with Crippen LogP contribution in [-0.2, 0) is 0 Å². The van der Waals surface area contributed by atoms with Crippen LogP contribution >= 0.6 is 22.6 Å². The highest BCUT2D eigenvalue weighted by Crippen LogP contribution is 2.05. The predicted octanol–water partition coefficient (Wildman–Crippen LogP) is 1.41. The summed E-state index contributed by atoms with van der Waals surface area (Å²) in [5.41, 5.74) is 2.01. The highest BCUT2D eigenvalue weighted by atomic mass is 127. The molecule has 0 atom stereocenters. The van der Waals surface area contributed by atoms with Crippen LogP contribution in [0.2, 0.25) is 0 Å². The lowest BCUT2D eigenvalue weighted by Gasteiger charge is -1.96. The van der Waals surface area contributed by atoms with Gasteiger partial charge in [-0.25, -0.2) is 5.48 Å². The number of hydrogen-bond acceptors (Lipinski definition) is 2. The van der Waals surface area contributed by atoms with Crippen LogP contribution in [0.1, 0.15) is 10.4 Å². The number of carbonyl (C=O) groups excluding carboxylic acids is 1. The van der Waals surface area contributed by atoms with Gasteiger partial charge in [0.2, 0.25) is 0 Å². The summed E-state index contributed by atoms with van der Waals surface area (Å²) in [6.45, 7) is 0. The molecule has 11 heavy (non-hydrogen) atoms. The molecule has 0 unspecified atom stereocenters. The lowest BCUT2D eigenvalue weighted by atomic mass is 10.2. The summed E-state index contributed by atoms with van der Waals surface area (Å²) in [6, 6.07) is 6.89. The molecule has 0 fully saturated rings. The molecule has 0 aromatic heterocycles. The Morgan fingerprint density at radius 2 is 1.91 bits per heavy atom. The van der Waals surface area contributed by atoms with Crippen molar-refractivity contribution in [1.29, 1.82) is 0 Å². The van der Waals surface area contributed by atoms with E-state index < -0.39 is 5.91 Å². The summed E-state index contributed by atoms with van der Waals surface area (Å²) in [5, 5.41) is 8.26. The fourth-order valence-corrected chi connectivity index (χ4v) is 1.03. The van der Waals surface area contributed by atoms with Crippen molar-refractivity contribution in [1.82, 2.24) is 5.48 Å². The Bertz CT molecular complexity index is 258. The third-order valence-electron chi connectivity index (χ3n) is 1.21. The normalized spacial score (nSPS) is 9.27. The molecule has 0 bridgehead atoms. The number of carbonyl (C=O) groups is 1. The van der Waals surface area contributed by atoms with E-state index in [1.807, 2.05) is 0 Å². The number of nitrogens with one attached hydrogen (secondary N) is 1. The van der Waals surface area contributed by atoms with Crippen LogP contribution in [0, 0.1) is 3.57 Å². The van der Waals surface area contributed by atoms with Gasteiger partial charge >= 0.3 is 0 Å². The van der Waals surface area contributed by atoms with Gasteiger partial charge in [0.15, 0.2) is 0 Å². The Morgan fingerprint density at radius 1 is 1.36 bits per heavy atom. The van der Waals surface area contributed by atoms with Crippen molar-refractivity contribution in [2.45, 2.75) is 0 Å². The number of rotatable bonds is 1. The number of amides is 1. The number of hydrogen-bond donors (Lipinski definition) is 2. The van der Waals surface area contributed by atoms with Crippen molar-refractivity contribution >= 4 is 28.5 Å². The molecular formula is C7H6INO2. The van der Waals surface area contributed by atoms with Crippen LogP contribution in [0.5, 0.6) is 0 Å². The molecule has 1 amide bonds. The van der Waals surface area contributed by atoms with Crippen molar-refractivity contribution < 1.29 is 10.0 Å². The molecule has 1 rings (SSSR count). The molecule has 2 N–H and O–H groups in total. The molecule has 1 aromatic carbocycles. The highest BCUT2D eigenvalue weighted by molar-refractivity contribution is 14.1. The van der Waals surface area contributed by atoms with Crippen LogP contribution in [-0.4, -0.2) is 11.1 Å². The summed E-state index contributed by atoms with van der Waals surface area (Å²) < 4.78 is 1.05. The summed E-state index contributed by atoms with van der Waals surface area (Å²) in [4.78, 5) is 10.8. The summed E-state index contributed by atoms with van der Waals surface area (Å²) in [7, 11) is 0. The molecule has 1 aromatic rings. The third-order valence-corrected chi connectivity index (χ3v) is 1.93. The van der Waals surface area contributed by atoms with Crippen LogP contribution in [0.4, 0.5) is 0 Å². The van der Waals surface area contributed by atoms with Crippen LogP contribution in [0.15, 0.2) is 24.3 Å². The van der Waals surface area contributed by atoms with Gasteiger partial charge in [0.05, 0.1) is 0 Å². The van der Waals surface area contributed by atoms with Crippen molar-refractivity contribution in [3.8, 4) is 0 Å². The molecule has 0 aliphatic rings. The van der Waals surface area contributed by atoms with Crippen LogP contribution < -0.4 is 5.48 Å². The Hall–Kier alpha value is -0.620. The van der Waals surface area contributed by atoms with Gasteiger partial charge in [-0.15, -0.1) is 0 Å². The van der Waals surface area contributed by atoms with Crippen molar-refractivity contribution in [2.75, 3.05) is 0 Å². The Morgan fingerprint density at radius 3 is 2.36 bits per heavy atom. The van der Waals surface area contributed by atoms with Gasteiger partial charge in [-0.2, -0.15) is 0 Å². The largest absolute Gasteiger partial charge is 0.288 e. The van der Waals surface area contributed by atoms with Gasteiger partial charge < -0.3 is 0 Å². The van der Waals surface area contributed by atoms with Gasteiger partial charge in [-0.1, -0.05) is 0 Å². The van der Waals surface area contributed by atoms with Crippen molar-refractivity contribution in [3.63, 3.8) is 0 Å². The van der Waals surface area contributed by atoms with E-state index in [0.29, 0.717) is 5.56 Å². The van der Waals surface area contributed by atoms with E-state index in [9.17, 15) is 4.79 Å². The smallest absolute Gasteiger partial charge is 0.274 e. The zero-order chi connectivity index (χ0) is 8.27. The molecule has 0 aliphatic carbocycles. The predicted molar refractivity (Wildman–Crippen MR) is 48.4 cm³/mol. The molecule has 3 nitrogen and oxygen atoms in total. The molecule has 4 heteroatoms. The minimum atomic E-state index is -0.485. The van der Waals surface area contributed by atoms with Crippen molar-refractivity contribution in [3.05, 3.63) is 33.4 Å². The molecule has 0 spiro atoms. The maximum absolute atomic E-state index is 10.8. The maximum Gasteiger partial charge on any atom is 0.274 e. The van der Waals surface area contributed by atoms with E-state index in [4.69, 9.17) is 5.21 Å². The van der Waals surface area contributed by atoms with E-state index in [2.05, 4.69) is 22.6 Å². The number of halogens is 1. The van der Waals surface area contributed by atoms with Crippen LogP contribution in [0.25, 0.3) is 0 Å². The Kier molecular flexibility index (Phi) is 2.84. The second-order valence-corrected chi connectivity index (χ2v) is 3.19. The first-order chi connectivity index (χ1) is 5.24. The number of benzene rings is 1. The minimum absolute atomic E-state index is 0.452. The zero-order valence-corrected chi connectivity index (χ0v) is 7.70. The molecule has 0 heterocycles. The molecule has 0 saturated carbocycles. The fourth-order valence-electron chi connectivity index (χ4n) is 0.666. The van der Waals surface area contributed by atoms with Gasteiger partial charge in [-0.05, 0) is 46.9 Å². The average molecular weight is 263 g/mol. The van der Waals surface area contributed by atoms with Gasteiger partial charge in [0.1, 0.15) is 0 Å². The van der Waals surface area contributed by atoms with E-state index in [0.717, 1.165) is 3.57 Å². The van der Waals surface area contributed by atoms with Crippen molar-refractivity contribution in [2.24, 2.45) is 0 Å². The van der Waals surface area contributed by atoms with E-state index in [1.54, 1.807) is 29.7 Å². The number of hydroxylamine groups is 1. The minimum Gasteiger partial charge on any atom is -0.288 e. The lowest BCUT2D eigenvalue weighted by molar-refractivity contribution is 0.0706. The monoisotopic (exact) mass is 263 g/mol. The third kappa shape index (κ3) is 2.16. The van der Waals surface area contributed by atoms with E-state index >= 15 is 0 Å². The Balaban J connectivity index is 2.90. The average Bonchev–Trinajstić information content (AvgIpc) is 2.05. The van der Waals surface area contributed by atoms with E-state index in [-0.39, 0.29) is 0 Å². The van der Waals surface area contributed by atoms with E-state index in [1.165, 1.54) is 0 Å². The van der Waals surface area contributed by atoms with Gasteiger partial charge in [-0.3, -0.25) is 10.0 Å². The molecule has 0 radical (unpaired) electrons. The molecule has 58 valence electrons. The fraction of sp³-hybridized carbons (Fsp3) is 0. The standard InChI is InChI=1S/C7H6INO2/c8-6-3-1-5(2-4-6)7(10)9-11/h1-4,11H,(H,9,10). The SMILES string of the molecule is O=C(NO)c1ccc(I)cc1. The second-order valence-electron chi connectivity index (χ2n) is 1.95. The summed E-state index contributed by atoms with van der Waals surface area (Å²) in [5.74, 6) is -0.485.